The number of rotatable bonds is 1. The van der Waals surface area contributed by atoms with Gasteiger partial charge in [-0.25, -0.2) is 8.42 Å². The Balaban J connectivity index is 2.70. The Hall–Kier alpha value is -1.13. The zero-order valence-electron chi connectivity index (χ0n) is 6.90. The Kier molecular flexibility index (Phi) is 1.75. The van der Waals surface area contributed by atoms with Gasteiger partial charge in [0, 0.05) is 0 Å². The topological polar surface area (TPSA) is 46.2 Å². The van der Waals surface area contributed by atoms with E-state index in [-0.39, 0.29) is 6.04 Å². The molecule has 1 atom stereocenters. The maximum Gasteiger partial charge on any atom is 0.241 e. The zero-order valence-corrected chi connectivity index (χ0v) is 7.71. The Labute approximate surface area is 77.1 Å². The van der Waals surface area contributed by atoms with Gasteiger partial charge in [-0.3, -0.25) is 0 Å². The van der Waals surface area contributed by atoms with Crippen LogP contribution in [0, 0.1) is 0 Å². The fourth-order valence-electron chi connectivity index (χ4n) is 1.45. The van der Waals surface area contributed by atoms with Crippen LogP contribution in [0.25, 0.3) is 0 Å². The molecule has 1 aliphatic rings. The second-order valence-electron chi connectivity index (χ2n) is 2.87. The molecule has 0 radical (unpaired) electrons. The molecule has 68 valence electrons. The lowest BCUT2D eigenvalue weighted by Crippen LogP contribution is -2.17. The van der Waals surface area contributed by atoms with E-state index in [0.29, 0.717) is 4.90 Å². The van der Waals surface area contributed by atoms with E-state index in [9.17, 15) is 8.42 Å². The first kappa shape index (κ1) is 8.47. The van der Waals surface area contributed by atoms with Gasteiger partial charge in [0.2, 0.25) is 10.0 Å². The highest BCUT2D eigenvalue weighted by Gasteiger charge is 2.31. The first-order chi connectivity index (χ1) is 6.15. The number of benzene rings is 1. The van der Waals surface area contributed by atoms with Crippen LogP contribution >= 0.6 is 0 Å². The van der Waals surface area contributed by atoms with Gasteiger partial charge in [0.15, 0.2) is 0 Å². The largest absolute Gasteiger partial charge is 0.241 e. The summed E-state index contributed by atoms with van der Waals surface area (Å²) in [5.41, 5.74) is 0.775. The van der Waals surface area contributed by atoms with Gasteiger partial charge in [-0.15, -0.1) is 6.58 Å². The molecule has 1 aliphatic heterocycles. The first-order valence-electron chi connectivity index (χ1n) is 3.89. The van der Waals surface area contributed by atoms with Gasteiger partial charge in [0.25, 0.3) is 0 Å². The van der Waals surface area contributed by atoms with E-state index in [1.54, 1.807) is 24.3 Å². The molecule has 1 aromatic carbocycles. The van der Waals surface area contributed by atoms with Crippen molar-refractivity contribution < 1.29 is 8.42 Å². The Morgan fingerprint density at radius 2 is 2.08 bits per heavy atom. The van der Waals surface area contributed by atoms with Gasteiger partial charge in [-0.05, 0) is 11.6 Å². The lowest BCUT2D eigenvalue weighted by atomic mass is 10.1. The zero-order chi connectivity index (χ0) is 9.47. The predicted molar refractivity (Wildman–Crippen MR) is 49.7 cm³/mol. The van der Waals surface area contributed by atoms with Crippen molar-refractivity contribution in [1.29, 1.82) is 0 Å². The van der Waals surface area contributed by atoms with Crippen LogP contribution in [-0.4, -0.2) is 8.42 Å². The second kappa shape index (κ2) is 2.68. The number of sulfonamides is 1. The Morgan fingerprint density at radius 1 is 1.38 bits per heavy atom. The van der Waals surface area contributed by atoms with Gasteiger partial charge in [-0.1, -0.05) is 24.3 Å². The minimum Gasteiger partial charge on any atom is -0.207 e. The van der Waals surface area contributed by atoms with E-state index in [2.05, 4.69) is 11.3 Å². The van der Waals surface area contributed by atoms with E-state index in [1.807, 2.05) is 6.07 Å². The summed E-state index contributed by atoms with van der Waals surface area (Å²) < 4.78 is 25.4. The minimum atomic E-state index is -3.29. The molecule has 0 saturated carbocycles. The molecule has 1 aromatic rings. The molecule has 1 N–H and O–H groups in total. The van der Waals surface area contributed by atoms with Crippen molar-refractivity contribution in [3.8, 4) is 0 Å². The highest BCUT2D eigenvalue weighted by molar-refractivity contribution is 7.89. The average Bonchev–Trinajstić information content (AvgIpc) is 2.39. The van der Waals surface area contributed by atoms with E-state index in [4.69, 9.17) is 0 Å². The van der Waals surface area contributed by atoms with E-state index < -0.39 is 10.0 Å². The van der Waals surface area contributed by atoms with Crippen molar-refractivity contribution in [2.75, 3.05) is 0 Å². The molecular formula is C9H9NO2S. The second-order valence-corrected chi connectivity index (χ2v) is 4.55. The lowest BCUT2D eigenvalue weighted by Gasteiger charge is -2.01. The predicted octanol–water partition coefficient (Wildman–Crippen LogP) is 1.21. The summed E-state index contributed by atoms with van der Waals surface area (Å²) in [5.74, 6) is 0. The molecule has 0 bridgehead atoms. The molecule has 4 heteroatoms. The molecule has 3 nitrogen and oxygen atoms in total. The summed E-state index contributed by atoms with van der Waals surface area (Å²) in [6.45, 7) is 3.58. The van der Waals surface area contributed by atoms with Crippen LogP contribution in [0.15, 0.2) is 41.8 Å². The molecule has 0 fully saturated rings. The maximum absolute atomic E-state index is 11.5. The van der Waals surface area contributed by atoms with E-state index in [0.717, 1.165) is 5.56 Å². The molecule has 1 unspecified atom stereocenters. The molecule has 0 aliphatic carbocycles. The van der Waals surface area contributed by atoms with Crippen LogP contribution in [0.2, 0.25) is 0 Å². The molecule has 0 aromatic heterocycles. The third-order valence-electron chi connectivity index (χ3n) is 2.06. The fourth-order valence-corrected chi connectivity index (χ4v) is 2.90. The van der Waals surface area contributed by atoms with Crippen molar-refractivity contribution in [2.45, 2.75) is 10.9 Å². The molecule has 0 saturated heterocycles. The Morgan fingerprint density at radius 3 is 2.77 bits per heavy atom. The number of hydrogen-bond donors (Lipinski definition) is 1. The standard InChI is InChI=1S/C9H9NO2S/c1-2-8-7-5-3-4-6-9(7)13(11,12)10-8/h2-6,8,10H,1H2. The van der Waals surface area contributed by atoms with Gasteiger partial charge in [0.05, 0.1) is 10.9 Å². The van der Waals surface area contributed by atoms with Crippen molar-refractivity contribution in [2.24, 2.45) is 0 Å². The lowest BCUT2D eigenvalue weighted by molar-refractivity contribution is 0.586. The fraction of sp³-hybridized carbons (Fsp3) is 0.111. The van der Waals surface area contributed by atoms with Crippen LogP contribution in [-0.2, 0) is 10.0 Å². The molecule has 0 spiro atoms. The van der Waals surface area contributed by atoms with Crippen LogP contribution in [0.5, 0.6) is 0 Å². The first-order valence-corrected chi connectivity index (χ1v) is 5.37. The van der Waals surface area contributed by atoms with Gasteiger partial charge >= 0.3 is 0 Å². The van der Waals surface area contributed by atoms with Crippen molar-refractivity contribution >= 4 is 10.0 Å². The van der Waals surface area contributed by atoms with Crippen molar-refractivity contribution in [3.05, 3.63) is 42.5 Å². The number of nitrogens with one attached hydrogen (secondary N) is 1. The van der Waals surface area contributed by atoms with E-state index >= 15 is 0 Å². The monoisotopic (exact) mass is 195 g/mol. The Bertz CT molecular complexity index is 450. The maximum atomic E-state index is 11.5. The number of fused-ring (bicyclic) bond motifs is 1. The number of hydrogen-bond acceptors (Lipinski definition) is 2. The third kappa shape index (κ3) is 1.18. The van der Waals surface area contributed by atoms with Gasteiger partial charge < -0.3 is 0 Å². The van der Waals surface area contributed by atoms with Gasteiger partial charge in [-0.2, -0.15) is 4.72 Å². The summed E-state index contributed by atoms with van der Waals surface area (Å²) >= 11 is 0. The summed E-state index contributed by atoms with van der Waals surface area (Å²) in [6.07, 6.45) is 1.59. The third-order valence-corrected chi connectivity index (χ3v) is 3.58. The van der Waals surface area contributed by atoms with Gasteiger partial charge in [0.1, 0.15) is 0 Å². The smallest absolute Gasteiger partial charge is 0.207 e. The van der Waals surface area contributed by atoms with E-state index in [1.165, 1.54) is 0 Å². The highest BCUT2D eigenvalue weighted by Crippen LogP contribution is 2.30. The SMILES string of the molecule is C=CC1NS(=O)(=O)c2ccccc21. The molecule has 13 heavy (non-hydrogen) atoms. The van der Waals surface area contributed by atoms with Crippen LogP contribution in [0.4, 0.5) is 0 Å². The van der Waals surface area contributed by atoms with Crippen LogP contribution in [0.3, 0.4) is 0 Å². The van der Waals surface area contributed by atoms with Crippen molar-refractivity contribution in [3.63, 3.8) is 0 Å². The summed E-state index contributed by atoms with van der Waals surface area (Å²) in [4.78, 5) is 0.361. The molecule has 1 heterocycles. The summed E-state index contributed by atoms with van der Waals surface area (Å²) in [5, 5.41) is 0. The van der Waals surface area contributed by atoms with Crippen LogP contribution in [0.1, 0.15) is 11.6 Å². The quantitative estimate of drug-likeness (QED) is 0.684. The normalized spacial score (nSPS) is 23.8. The van der Waals surface area contributed by atoms with Crippen LogP contribution < -0.4 is 4.72 Å². The molecule has 0 amide bonds. The summed E-state index contributed by atoms with van der Waals surface area (Å²) in [7, 11) is -3.29. The highest BCUT2D eigenvalue weighted by atomic mass is 32.2. The molecule has 2 rings (SSSR count). The molecular weight excluding hydrogens is 186 g/mol. The minimum absolute atomic E-state index is 0.277. The average molecular weight is 195 g/mol. The summed E-state index contributed by atoms with van der Waals surface area (Å²) in [6, 6.07) is 6.64. The van der Waals surface area contributed by atoms with Crippen molar-refractivity contribution in [1.82, 2.24) is 4.72 Å².